The number of hydrogen-bond acceptors (Lipinski definition) is 3. The fraction of sp³-hybridized carbons (Fsp3) is 0.111. The van der Waals surface area contributed by atoms with Crippen molar-refractivity contribution in [3.8, 4) is 0 Å². The molecule has 116 valence electrons. The minimum absolute atomic E-state index is 0.275. The zero-order valence-corrected chi connectivity index (χ0v) is 14.0. The van der Waals surface area contributed by atoms with Gasteiger partial charge in [0.1, 0.15) is 0 Å². The molecule has 0 N–H and O–H groups in total. The van der Waals surface area contributed by atoms with Crippen LogP contribution in [-0.2, 0) is 9.59 Å². The zero-order chi connectivity index (χ0) is 16.4. The van der Waals surface area contributed by atoms with Crippen molar-refractivity contribution in [1.29, 1.82) is 0 Å². The third kappa shape index (κ3) is 2.92. The van der Waals surface area contributed by atoms with Crippen molar-refractivity contribution in [3.05, 3.63) is 70.1 Å². The highest BCUT2D eigenvalue weighted by Gasteiger charge is 2.39. The molecule has 0 unspecified atom stereocenters. The first kappa shape index (κ1) is 15.8. The summed E-state index contributed by atoms with van der Waals surface area (Å²) in [5.41, 5.74) is 1.76. The summed E-state index contributed by atoms with van der Waals surface area (Å²) < 4.78 is 0. The molecule has 0 atom stereocenters. The maximum Gasteiger partial charge on any atom is 0.272 e. The average Bonchev–Trinajstić information content (AvgIpc) is 2.81. The number of imide groups is 1. The Morgan fingerprint density at radius 1 is 0.957 bits per heavy atom. The number of rotatable bonds is 4. The SMILES string of the molecule is CCSC1=C(c2ccccc2)C(=O)N(c2ccc(Cl)cc2)C1=O. The van der Waals surface area contributed by atoms with Crippen molar-refractivity contribution in [2.24, 2.45) is 0 Å². The lowest BCUT2D eigenvalue weighted by molar-refractivity contribution is -0.119. The minimum atomic E-state index is -0.292. The highest BCUT2D eigenvalue weighted by molar-refractivity contribution is 8.04. The van der Waals surface area contributed by atoms with Crippen LogP contribution in [0.25, 0.3) is 5.57 Å². The van der Waals surface area contributed by atoms with Crippen LogP contribution in [0.2, 0.25) is 5.02 Å². The summed E-state index contributed by atoms with van der Waals surface area (Å²) in [6.45, 7) is 1.96. The van der Waals surface area contributed by atoms with Gasteiger partial charge in [0.15, 0.2) is 0 Å². The fourth-order valence-electron chi connectivity index (χ4n) is 2.47. The normalized spacial score (nSPS) is 14.8. The first-order valence-electron chi connectivity index (χ1n) is 7.20. The topological polar surface area (TPSA) is 37.4 Å². The summed E-state index contributed by atoms with van der Waals surface area (Å²) in [4.78, 5) is 27.4. The summed E-state index contributed by atoms with van der Waals surface area (Å²) in [5, 5.41) is 0.562. The van der Waals surface area contributed by atoms with Crippen molar-refractivity contribution < 1.29 is 9.59 Å². The molecule has 23 heavy (non-hydrogen) atoms. The van der Waals surface area contributed by atoms with E-state index in [0.29, 0.717) is 21.2 Å². The molecule has 0 saturated carbocycles. The van der Waals surface area contributed by atoms with Crippen molar-refractivity contribution in [2.75, 3.05) is 10.7 Å². The number of halogens is 1. The van der Waals surface area contributed by atoms with Gasteiger partial charge in [-0.15, -0.1) is 11.8 Å². The van der Waals surface area contributed by atoms with Crippen LogP contribution < -0.4 is 4.90 Å². The van der Waals surface area contributed by atoms with E-state index < -0.39 is 0 Å². The van der Waals surface area contributed by atoms with Crippen LogP contribution >= 0.6 is 23.4 Å². The zero-order valence-electron chi connectivity index (χ0n) is 12.5. The van der Waals surface area contributed by atoms with E-state index in [1.165, 1.54) is 16.7 Å². The minimum Gasteiger partial charge on any atom is -0.268 e. The molecular weight excluding hydrogens is 330 g/mol. The molecule has 0 aliphatic carbocycles. The Morgan fingerprint density at radius 3 is 2.22 bits per heavy atom. The molecule has 5 heteroatoms. The van der Waals surface area contributed by atoms with Crippen LogP contribution in [0.1, 0.15) is 12.5 Å². The van der Waals surface area contributed by atoms with Crippen molar-refractivity contribution in [1.82, 2.24) is 0 Å². The molecule has 0 fully saturated rings. The number of hydrogen-bond donors (Lipinski definition) is 0. The molecule has 0 saturated heterocycles. The van der Waals surface area contributed by atoms with Crippen LogP contribution in [0.3, 0.4) is 0 Å². The van der Waals surface area contributed by atoms with Crippen LogP contribution in [0.15, 0.2) is 59.5 Å². The Morgan fingerprint density at radius 2 is 1.61 bits per heavy atom. The lowest BCUT2D eigenvalue weighted by Crippen LogP contribution is -2.31. The first-order valence-corrected chi connectivity index (χ1v) is 8.56. The molecule has 0 spiro atoms. The van der Waals surface area contributed by atoms with E-state index in [1.54, 1.807) is 24.3 Å². The molecule has 2 amide bonds. The Bertz CT molecular complexity index is 784. The van der Waals surface area contributed by atoms with Crippen LogP contribution in [0, 0.1) is 0 Å². The van der Waals surface area contributed by atoms with Gasteiger partial charge in [-0.05, 0) is 35.6 Å². The van der Waals surface area contributed by atoms with Gasteiger partial charge >= 0.3 is 0 Å². The Balaban J connectivity index is 2.08. The van der Waals surface area contributed by atoms with Crippen LogP contribution in [-0.4, -0.2) is 17.6 Å². The molecular formula is C18H14ClNO2S. The Kier molecular flexibility index (Phi) is 4.55. The van der Waals surface area contributed by atoms with Gasteiger partial charge in [0.05, 0.1) is 16.2 Å². The molecule has 0 bridgehead atoms. The molecule has 1 heterocycles. The molecule has 3 rings (SSSR count). The van der Waals surface area contributed by atoms with Crippen molar-refractivity contribution >= 4 is 46.4 Å². The molecule has 0 aromatic heterocycles. The summed E-state index contributed by atoms with van der Waals surface area (Å²) in [5.74, 6) is 0.154. The monoisotopic (exact) mass is 343 g/mol. The van der Waals surface area contributed by atoms with Crippen molar-refractivity contribution in [2.45, 2.75) is 6.92 Å². The van der Waals surface area contributed by atoms with Gasteiger partial charge in [-0.1, -0.05) is 48.9 Å². The fourth-order valence-corrected chi connectivity index (χ4v) is 3.45. The Labute approximate surface area is 143 Å². The quantitative estimate of drug-likeness (QED) is 0.773. The second kappa shape index (κ2) is 6.60. The third-order valence-corrected chi connectivity index (χ3v) is 4.69. The van der Waals surface area contributed by atoms with E-state index in [-0.39, 0.29) is 11.8 Å². The number of nitrogens with zero attached hydrogens (tertiary/aromatic N) is 1. The van der Waals surface area contributed by atoms with Gasteiger partial charge in [-0.2, -0.15) is 0 Å². The summed E-state index contributed by atoms with van der Waals surface area (Å²) in [6.07, 6.45) is 0. The van der Waals surface area contributed by atoms with Gasteiger partial charge in [-0.25, -0.2) is 4.90 Å². The average molecular weight is 344 g/mol. The second-order valence-corrected chi connectivity index (χ2v) is 6.64. The predicted molar refractivity (Wildman–Crippen MR) is 95.4 cm³/mol. The van der Waals surface area contributed by atoms with E-state index in [4.69, 9.17) is 11.6 Å². The second-order valence-electron chi connectivity index (χ2n) is 4.93. The number of benzene rings is 2. The third-order valence-electron chi connectivity index (χ3n) is 3.48. The van der Waals surface area contributed by atoms with E-state index in [9.17, 15) is 9.59 Å². The van der Waals surface area contributed by atoms with Crippen LogP contribution in [0.5, 0.6) is 0 Å². The summed E-state index contributed by atoms with van der Waals surface area (Å²) in [7, 11) is 0. The highest BCUT2D eigenvalue weighted by atomic mass is 35.5. The van der Waals surface area contributed by atoms with Gasteiger partial charge in [-0.3, -0.25) is 9.59 Å². The van der Waals surface area contributed by atoms with E-state index in [0.717, 1.165) is 11.3 Å². The predicted octanol–water partition coefficient (Wildman–Crippen LogP) is 4.38. The lowest BCUT2D eigenvalue weighted by Gasteiger charge is -2.15. The smallest absolute Gasteiger partial charge is 0.268 e. The molecule has 1 aliphatic heterocycles. The lowest BCUT2D eigenvalue weighted by atomic mass is 10.1. The maximum absolute atomic E-state index is 12.9. The summed E-state index contributed by atoms with van der Waals surface area (Å²) in [6, 6.07) is 16.0. The molecule has 0 radical (unpaired) electrons. The summed E-state index contributed by atoms with van der Waals surface area (Å²) >= 11 is 7.29. The van der Waals surface area contributed by atoms with Gasteiger partial charge < -0.3 is 0 Å². The van der Waals surface area contributed by atoms with E-state index >= 15 is 0 Å². The van der Waals surface area contributed by atoms with Gasteiger partial charge in [0.25, 0.3) is 11.8 Å². The standard InChI is InChI=1S/C18H14ClNO2S/c1-2-23-16-15(12-6-4-3-5-7-12)17(21)20(18(16)22)14-10-8-13(19)9-11-14/h3-11H,2H2,1H3. The number of amides is 2. The largest absolute Gasteiger partial charge is 0.272 e. The number of carbonyl (C=O) groups excluding carboxylic acids is 2. The van der Waals surface area contributed by atoms with E-state index in [1.807, 2.05) is 37.3 Å². The van der Waals surface area contributed by atoms with E-state index in [2.05, 4.69) is 0 Å². The highest BCUT2D eigenvalue weighted by Crippen LogP contribution is 2.38. The number of thioether (sulfide) groups is 1. The molecule has 2 aromatic rings. The van der Waals surface area contributed by atoms with Gasteiger partial charge in [0.2, 0.25) is 0 Å². The molecule has 2 aromatic carbocycles. The van der Waals surface area contributed by atoms with Gasteiger partial charge in [0, 0.05) is 5.02 Å². The Hall–Kier alpha value is -2.04. The number of carbonyl (C=O) groups is 2. The number of anilines is 1. The van der Waals surface area contributed by atoms with Crippen LogP contribution in [0.4, 0.5) is 5.69 Å². The molecule has 3 nitrogen and oxygen atoms in total. The maximum atomic E-state index is 12.9. The first-order chi connectivity index (χ1) is 11.1. The molecule has 1 aliphatic rings. The van der Waals surface area contributed by atoms with Crippen molar-refractivity contribution in [3.63, 3.8) is 0 Å².